The number of hydrogen-bond acceptors (Lipinski definition) is 3. The molecule has 0 bridgehead atoms. The topological polar surface area (TPSA) is 63.3 Å². The van der Waals surface area contributed by atoms with E-state index in [0.29, 0.717) is 6.42 Å². The Hall–Kier alpha value is -0.220. The molecule has 0 aromatic carbocycles. The van der Waals surface area contributed by atoms with Crippen LogP contribution in [0.1, 0.15) is 26.2 Å². The van der Waals surface area contributed by atoms with Crippen LogP contribution >= 0.6 is 12.6 Å². The maximum atomic E-state index is 10.2. The molecule has 0 aromatic heterocycles. The minimum atomic E-state index is -0.839. The number of thiol groups is 1. The summed E-state index contributed by atoms with van der Waals surface area (Å²) in [5.41, 5.74) is 5.52. The largest absolute Gasteiger partial charge is 0.481 e. The minimum absolute atomic E-state index is 0.0387. The molecule has 3 N–H and O–H groups in total. The molecule has 2 atom stereocenters. The zero-order valence-electron chi connectivity index (χ0n) is 6.66. The molecule has 0 heterocycles. The molecule has 11 heavy (non-hydrogen) atoms. The van der Waals surface area contributed by atoms with Gasteiger partial charge in [-0.05, 0) is 12.8 Å². The van der Waals surface area contributed by atoms with Gasteiger partial charge in [-0.3, -0.25) is 4.79 Å². The number of rotatable bonds is 5. The number of carboxylic acids is 1. The molecule has 0 aliphatic heterocycles. The average molecular weight is 177 g/mol. The summed E-state index contributed by atoms with van der Waals surface area (Å²) in [5.74, 6) is -0.839. The predicted molar refractivity (Wildman–Crippen MR) is 47.9 cm³/mol. The third-order valence-corrected chi connectivity index (χ3v) is 2.06. The van der Waals surface area contributed by atoms with Gasteiger partial charge >= 0.3 is 5.97 Å². The number of nitrogens with two attached hydrogens (primary N) is 1. The lowest BCUT2D eigenvalue weighted by Gasteiger charge is -2.12. The quantitative estimate of drug-likeness (QED) is 0.546. The van der Waals surface area contributed by atoms with Crippen molar-refractivity contribution in [2.45, 2.75) is 37.5 Å². The van der Waals surface area contributed by atoms with Gasteiger partial charge in [-0.15, -0.1) is 0 Å². The number of hydrogen-bond donors (Lipinski definition) is 3. The fourth-order valence-electron chi connectivity index (χ4n) is 0.824. The van der Waals surface area contributed by atoms with Crippen LogP contribution in [0.3, 0.4) is 0 Å². The van der Waals surface area contributed by atoms with Crippen molar-refractivity contribution in [1.82, 2.24) is 0 Å². The molecular formula is C7H15NO2S. The molecule has 0 aromatic rings. The highest BCUT2D eigenvalue weighted by atomic mass is 32.1. The van der Waals surface area contributed by atoms with Gasteiger partial charge in [0.15, 0.2) is 0 Å². The first kappa shape index (κ1) is 10.8. The number of carboxylic acid groups (broad SMARTS) is 1. The highest BCUT2D eigenvalue weighted by molar-refractivity contribution is 7.80. The van der Waals surface area contributed by atoms with E-state index in [2.05, 4.69) is 12.6 Å². The standard InChI is InChI=1S/C7H15NO2S/c1-2-6(11)3-5(8)4-7(9)10/h5-6,11H,2-4,8H2,1H3,(H,9,10)/t5-,6-/m1/s1. The molecule has 0 unspecified atom stereocenters. The van der Waals surface area contributed by atoms with E-state index in [-0.39, 0.29) is 17.7 Å². The van der Waals surface area contributed by atoms with Crippen molar-refractivity contribution in [3.63, 3.8) is 0 Å². The SMILES string of the molecule is CC[C@@H](S)C[C@@H](N)CC(=O)O. The summed E-state index contributed by atoms with van der Waals surface area (Å²) in [7, 11) is 0. The normalized spacial score (nSPS) is 15.9. The van der Waals surface area contributed by atoms with Crippen LogP contribution in [0.4, 0.5) is 0 Å². The third kappa shape index (κ3) is 6.19. The van der Waals surface area contributed by atoms with Crippen LogP contribution < -0.4 is 5.73 Å². The van der Waals surface area contributed by atoms with Crippen LogP contribution in [0, 0.1) is 0 Å². The molecule has 3 nitrogen and oxygen atoms in total. The van der Waals surface area contributed by atoms with Crippen molar-refractivity contribution in [3.05, 3.63) is 0 Å². The van der Waals surface area contributed by atoms with Crippen molar-refractivity contribution in [1.29, 1.82) is 0 Å². The molecule has 0 amide bonds. The highest BCUT2D eigenvalue weighted by Crippen LogP contribution is 2.09. The highest BCUT2D eigenvalue weighted by Gasteiger charge is 2.11. The van der Waals surface area contributed by atoms with Crippen molar-refractivity contribution in [3.8, 4) is 0 Å². The molecule has 0 radical (unpaired) electrons. The molecule has 4 heteroatoms. The first-order valence-electron chi connectivity index (χ1n) is 3.71. The Bertz CT molecular complexity index is 130. The average Bonchev–Trinajstić information content (AvgIpc) is 1.85. The Morgan fingerprint density at radius 3 is 2.64 bits per heavy atom. The van der Waals surface area contributed by atoms with Gasteiger partial charge in [-0.2, -0.15) is 12.6 Å². The van der Waals surface area contributed by atoms with Crippen LogP contribution in [0.15, 0.2) is 0 Å². The summed E-state index contributed by atoms with van der Waals surface area (Å²) in [6.45, 7) is 2.01. The van der Waals surface area contributed by atoms with Gasteiger partial charge in [-0.1, -0.05) is 6.92 Å². The molecule has 0 saturated carbocycles. The van der Waals surface area contributed by atoms with Gasteiger partial charge in [-0.25, -0.2) is 0 Å². The van der Waals surface area contributed by atoms with E-state index in [4.69, 9.17) is 10.8 Å². The Kier molecular flexibility index (Phi) is 5.32. The van der Waals surface area contributed by atoms with Crippen molar-refractivity contribution in [2.75, 3.05) is 0 Å². The Balaban J connectivity index is 3.51. The maximum Gasteiger partial charge on any atom is 0.304 e. The van der Waals surface area contributed by atoms with E-state index in [1.54, 1.807) is 0 Å². The summed E-state index contributed by atoms with van der Waals surface area (Å²) in [6.07, 6.45) is 1.64. The van der Waals surface area contributed by atoms with Gasteiger partial charge in [0, 0.05) is 11.3 Å². The Morgan fingerprint density at radius 2 is 2.27 bits per heavy atom. The van der Waals surface area contributed by atoms with Gasteiger partial charge in [0.2, 0.25) is 0 Å². The van der Waals surface area contributed by atoms with E-state index in [1.807, 2.05) is 6.92 Å². The van der Waals surface area contributed by atoms with Gasteiger partial charge in [0.05, 0.1) is 6.42 Å². The lowest BCUT2D eigenvalue weighted by Crippen LogP contribution is -2.26. The van der Waals surface area contributed by atoms with Crippen molar-refractivity contribution >= 4 is 18.6 Å². The Labute approximate surface area is 72.4 Å². The fourth-order valence-corrected chi connectivity index (χ4v) is 1.09. The molecule has 0 spiro atoms. The van der Waals surface area contributed by atoms with Crippen LogP contribution in [0.25, 0.3) is 0 Å². The monoisotopic (exact) mass is 177 g/mol. The molecule has 0 aliphatic rings. The van der Waals surface area contributed by atoms with Crippen molar-refractivity contribution in [2.24, 2.45) is 5.73 Å². The lowest BCUT2D eigenvalue weighted by molar-refractivity contribution is -0.137. The second-order valence-corrected chi connectivity index (χ2v) is 3.39. The summed E-state index contributed by atoms with van der Waals surface area (Å²) < 4.78 is 0. The molecule has 0 fully saturated rings. The predicted octanol–water partition coefficient (Wildman–Crippen LogP) is 0.887. The second-order valence-electron chi connectivity index (χ2n) is 2.66. The third-order valence-electron chi connectivity index (χ3n) is 1.48. The molecule has 0 saturated heterocycles. The summed E-state index contributed by atoms with van der Waals surface area (Å²) in [5, 5.41) is 8.59. The maximum absolute atomic E-state index is 10.2. The molecule has 0 rings (SSSR count). The lowest BCUT2D eigenvalue weighted by atomic mass is 10.1. The second kappa shape index (κ2) is 5.43. The zero-order valence-corrected chi connectivity index (χ0v) is 7.55. The van der Waals surface area contributed by atoms with Gasteiger partial charge in [0.1, 0.15) is 0 Å². The zero-order chi connectivity index (χ0) is 8.85. The Morgan fingerprint density at radius 1 is 1.73 bits per heavy atom. The first-order valence-corrected chi connectivity index (χ1v) is 4.23. The number of aliphatic carboxylic acids is 1. The van der Waals surface area contributed by atoms with Crippen LogP contribution in [0.2, 0.25) is 0 Å². The fraction of sp³-hybridized carbons (Fsp3) is 0.857. The first-order chi connectivity index (χ1) is 5.06. The molecule has 0 aliphatic carbocycles. The van der Waals surface area contributed by atoms with Crippen LogP contribution in [-0.4, -0.2) is 22.4 Å². The van der Waals surface area contributed by atoms with E-state index in [1.165, 1.54) is 0 Å². The minimum Gasteiger partial charge on any atom is -0.481 e. The molecular weight excluding hydrogens is 162 g/mol. The summed E-state index contributed by atoms with van der Waals surface area (Å²) in [6, 6.07) is -0.255. The van der Waals surface area contributed by atoms with Crippen LogP contribution in [-0.2, 0) is 4.79 Å². The van der Waals surface area contributed by atoms with Gasteiger partial charge < -0.3 is 10.8 Å². The van der Waals surface area contributed by atoms with Gasteiger partial charge in [0.25, 0.3) is 0 Å². The van der Waals surface area contributed by atoms with E-state index >= 15 is 0 Å². The number of carbonyl (C=O) groups is 1. The van der Waals surface area contributed by atoms with Crippen molar-refractivity contribution < 1.29 is 9.90 Å². The summed E-state index contributed by atoms with van der Waals surface area (Å²) in [4.78, 5) is 10.2. The summed E-state index contributed by atoms with van der Waals surface area (Å²) >= 11 is 4.22. The van der Waals surface area contributed by atoms with E-state index < -0.39 is 5.97 Å². The molecule has 66 valence electrons. The smallest absolute Gasteiger partial charge is 0.304 e. The van der Waals surface area contributed by atoms with E-state index in [9.17, 15) is 4.79 Å². The van der Waals surface area contributed by atoms with Crippen LogP contribution in [0.5, 0.6) is 0 Å². The van der Waals surface area contributed by atoms with E-state index in [0.717, 1.165) is 6.42 Å².